The number of nitrogens with zero attached hydrogens (tertiary/aromatic N) is 6. The van der Waals surface area contributed by atoms with Crippen molar-refractivity contribution in [2.45, 2.75) is 32.3 Å². The molecule has 1 spiro atoms. The van der Waals surface area contributed by atoms with Crippen LogP contribution >= 0.6 is 11.3 Å². The molecule has 1 atom stereocenters. The molecule has 3 fully saturated rings. The molecule has 9 nitrogen and oxygen atoms in total. The summed E-state index contributed by atoms with van der Waals surface area (Å²) in [5, 5.41) is 20.6. The Bertz CT molecular complexity index is 747. The van der Waals surface area contributed by atoms with Gasteiger partial charge in [-0.1, -0.05) is 11.3 Å². The molecule has 3 aliphatic rings. The first kappa shape index (κ1) is 19.4. The number of carbonyl (C=O) groups is 2. The van der Waals surface area contributed by atoms with E-state index in [0.29, 0.717) is 32.7 Å². The number of urea groups is 1. The number of aliphatic hydroxyl groups is 1. The number of amides is 3. The third-order valence-corrected chi connectivity index (χ3v) is 7.12. The van der Waals surface area contributed by atoms with Gasteiger partial charge in [0.25, 0.3) is 0 Å². The number of aromatic nitrogens is 2. The lowest BCUT2D eigenvalue weighted by molar-refractivity contribution is -0.134. The van der Waals surface area contributed by atoms with Gasteiger partial charge in [0, 0.05) is 46.3 Å². The number of likely N-dealkylation sites (tertiary alicyclic amines) is 1. The second-order valence-corrected chi connectivity index (χ2v) is 9.51. The minimum absolute atomic E-state index is 0.00228. The SMILES string of the molecule is Cc1nnc(N2CC(O)CC3(CCN(C(=O)CN4CCN(C)C4=O)CC3)C2)s1. The molecule has 1 unspecified atom stereocenters. The fourth-order valence-corrected chi connectivity index (χ4v) is 5.31. The van der Waals surface area contributed by atoms with E-state index in [0.717, 1.165) is 35.9 Å². The highest BCUT2D eigenvalue weighted by Crippen LogP contribution is 2.41. The molecule has 154 valence electrons. The van der Waals surface area contributed by atoms with Gasteiger partial charge in [0.2, 0.25) is 11.0 Å². The van der Waals surface area contributed by atoms with Crippen molar-refractivity contribution in [3.05, 3.63) is 5.01 Å². The predicted octanol–water partition coefficient (Wildman–Crippen LogP) is 0.394. The van der Waals surface area contributed by atoms with Crippen molar-refractivity contribution in [2.75, 3.05) is 57.8 Å². The maximum absolute atomic E-state index is 12.7. The number of β-amino-alcohol motifs (C(OH)–C–C–N with tert-alkyl or cyclic N) is 1. The summed E-state index contributed by atoms with van der Waals surface area (Å²) in [6, 6.07) is -0.0692. The normalized spacial score (nSPS) is 25.1. The van der Waals surface area contributed by atoms with Gasteiger partial charge in [-0.05, 0) is 31.6 Å². The molecule has 0 bridgehead atoms. The third-order valence-electron chi connectivity index (χ3n) is 6.22. The fourth-order valence-electron chi connectivity index (χ4n) is 4.62. The van der Waals surface area contributed by atoms with E-state index in [1.165, 1.54) is 0 Å². The molecule has 28 heavy (non-hydrogen) atoms. The van der Waals surface area contributed by atoms with Crippen molar-refractivity contribution in [1.29, 1.82) is 0 Å². The highest BCUT2D eigenvalue weighted by atomic mass is 32.1. The van der Waals surface area contributed by atoms with E-state index in [4.69, 9.17) is 0 Å². The quantitative estimate of drug-likeness (QED) is 0.778. The number of hydrogen-bond acceptors (Lipinski definition) is 7. The summed E-state index contributed by atoms with van der Waals surface area (Å²) in [6.45, 7) is 6.16. The van der Waals surface area contributed by atoms with Crippen LogP contribution in [0, 0.1) is 12.3 Å². The summed E-state index contributed by atoms with van der Waals surface area (Å²) in [5.41, 5.74) is -0.00228. The molecule has 1 aromatic rings. The van der Waals surface area contributed by atoms with Gasteiger partial charge in [-0.3, -0.25) is 4.79 Å². The lowest BCUT2D eigenvalue weighted by atomic mass is 9.71. The zero-order valence-electron chi connectivity index (χ0n) is 16.5. The molecular weight excluding hydrogens is 380 g/mol. The van der Waals surface area contributed by atoms with Gasteiger partial charge in [-0.2, -0.15) is 0 Å². The topological polar surface area (TPSA) is 93.1 Å². The largest absolute Gasteiger partial charge is 0.391 e. The molecule has 0 aromatic carbocycles. The van der Waals surface area contributed by atoms with Crippen LogP contribution in [0.3, 0.4) is 0 Å². The maximum Gasteiger partial charge on any atom is 0.320 e. The molecule has 3 aliphatic heterocycles. The molecule has 0 aliphatic carbocycles. The summed E-state index contributed by atoms with van der Waals surface area (Å²) in [4.78, 5) is 32.0. The van der Waals surface area contributed by atoms with Crippen molar-refractivity contribution < 1.29 is 14.7 Å². The van der Waals surface area contributed by atoms with Gasteiger partial charge < -0.3 is 24.7 Å². The molecule has 1 N–H and O–H groups in total. The van der Waals surface area contributed by atoms with Crippen LogP contribution in [0.5, 0.6) is 0 Å². The summed E-state index contributed by atoms with van der Waals surface area (Å²) < 4.78 is 0. The predicted molar refractivity (Wildman–Crippen MR) is 105 cm³/mol. The molecule has 0 radical (unpaired) electrons. The highest BCUT2D eigenvalue weighted by molar-refractivity contribution is 7.15. The Morgan fingerprint density at radius 1 is 1.25 bits per heavy atom. The van der Waals surface area contributed by atoms with E-state index in [9.17, 15) is 14.7 Å². The molecule has 4 heterocycles. The Labute approximate surface area is 168 Å². The Kier molecular flexibility index (Phi) is 5.17. The van der Waals surface area contributed by atoms with Gasteiger partial charge in [-0.15, -0.1) is 10.2 Å². The van der Waals surface area contributed by atoms with Crippen molar-refractivity contribution >= 4 is 28.4 Å². The Hall–Kier alpha value is -1.94. The van der Waals surface area contributed by atoms with E-state index in [-0.39, 0.29) is 23.9 Å². The van der Waals surface area contributed by atoms with Gasteiger partial charge in [0.05, 0.1) is 6.10 Å². The van der Waals surface area contributed by atoms with Crippen LogP contribution in [-0.4, -0.2) is 101 Å². The van der Waals surface area contributed by atoms with Crippen LogP contribution in [-0.2, 0) is 4.79 Å². The average Bonchev–Trinajstić information content (AvgIpc) is 3.22. The maximum atomic E-state index is 12.7. The number of likely N-dealkylation sites (N-methyl/N-ethyl adjacent to an activating group) is 1. The summed E-state index contributed by atoms with van der Waals surface area (Å²) in [7, 11) is 1.76. The number of anilines is 1. The van der Waals surface area contributed by atoms with Crippen molar-refractivity contribution in [3.63, 3.8) is 0 Å². The van der Waals surface area contributed by atoms with Crippen LogP contribution in [0.15, 0.2) is 0 Å². The monoisotopic (exact) mass is 408 g/mol. The second-order valence-electron chi connectivity index (χ2n) is 8.35. The molecule has 0 saturated carbocycles. The summed E-state index contributed by atoms with van der Waals surface area (Å²) in [6.07, 6.45) is 2.09. The van der Waals surface area contributed by atoms with Gasteiger partial charge in [0.1, 0.15) is 11.6 Å². The van der Waals surface area contributed by atoms with Crippen LogP contribution in [0.1, 0.15) is 24.3 Å². The molecular formula is C18H28N6O3S. The second kappa shape index (κ2) is 7.47. The number of aryl methyl sites for hydroxylation is 1. The lowest BCUT2D eigenvalue weighted by Gasteiger charge is -2.49. The van der Waals surface area contributed by atoms with Crippen LogP contribution in [0.25, 0.3) is 0 Å². The van der Waals surface area contributed by atoms with Crippen LogP contribution in [0.4, 0.5) is 9.93 Å². The summed E-state index contributed by atoms with van der Waals surface area (Å²) >= 11 is 1.55. The Morgan fingerprint density at radius 2 is 2.00 bits per heavy atom. The first-order chi connectivity index (χ1) is 13.3. The van der Waals surface area contributed by atoms with Crippen LogP contribution in [0.2, 0.25) is 0 Å². The number of hydrogen-bond donors (Lipinski definition) is 1. The number of carbonyl (C=O) groups excluding carboxylic acids is 2. The van der Waals surface area contributed by atoms with Crippen LogP contribution < -0.4 is 4.90 Å². The summed E-state index contributed by atoms with van der Waals surface area (Å²) in [5.74, 6) is 0.0199. The van der Waals surface area contributed by atoms with Crippen molar-refractivity contribution in [1.82, 2.24) is 24.9 Å². The van der Waals surface area contributed by atoms with E-state index >= 15 is 0 Å². The van der Waals surface area contributed by atoms with Gasteiger partial charge >= 0.3 is 6.03 Å². The minimum atomic E-state index is -0.391. The molecule has 3 amide bonds. The Balaban J connectivity index is 1.36. The molecule has 3 saturated heterocycles. The smallest absolute Gasteiger partial charge is 0.320 e. The van der Waals surface area contributed by atoms with E-state index < -0.39 is 6.10 Å². The third kappa shape index (κ3) is 3.80. The average molecular weight is 409 g/mol. The van der Waals surface area contributed by atoms with Gasteiger partial charge in [-0.25, -0.2) is 4.79 Å². The van der Waals surface area contributed by atoms with Crippen molar-refractivity contribution in [3.8, 4) is 0 Å². The highest BCUT2D eigenvalue weighted by Gasteiger charge is 2.43. The fraction of sp³-hybridized carbons (Fsp3) is 0.778. The van der Waals surface area contributed by atoms with Crippen molar-refractivity contribution in [2.24, 2.45) is 5.41 Å². The number of aliphatic hydroxyl groups excluding tert-OH is 1. The van der Waals surface area contributed by atoms with E-state index in [1.807, 2.05) is 11.8 Å². The number of rotatable bonds is 3. The lowest BCUT2D eigenvalue weighted by Crippen LogP contribution is -2.55. The van der Waals surface area contributed by atoms with E-state index in [2.05, 4.69) is 15.1 Å². The molecule has 10 heteroatoms. The zero-order valence-corrected chi connectivity index (χ0v) is 17.3. The first-order valence-electron chi connectivity index (χ1n) is 9.86. The number of piperidine rings is 2. The minimum Gasteiger partial charge on any atom is -0.391 e. The molecule has 1 aromatic heterocycles. The molecule has 4 rings (SSSR count). The first-order valence-corrected chi connectivity index (χ1v) is 10.7. The Morgan fingerprint density at radius 3 is 2.61 bits per heavy atom. The zero-order chi connectivity index (χ0) is 19.9. The van der Waals surface area contributed by atoms with E-state index in [1.54, 1.807) is 28.2 Å². The standard InChI is InChI=1S/C18H28N6O3S/c1-13-19-20-16(28-13)24-10-14(25)9-18(12-24)3-5-22(6-4-18)15(26)11-23-8-7-21(2)17(23)27/h14,25H,3-12H2,1-2H3. The van der Waals surface area contributed by atoms with Gasteiger partial charge in [0.15, 0.2) is 0 Å².